The van der Waals surface area contributed by atoms with Crippen molar-refractivity contribution in [2.75, 3.05) is 0 Å². The Morgan fingerprint density at radius 2 is 2.21 bits per heavy atom. The van der Waals surface area contributed by atoms with Crippen molar-refractivity contribution in [2.45, 2.75) is 40.0 Å². The summed E-state index contributed by atoms with van der Waals surface area (Å²) in [6, 6.07) is 5.78. The van der Waals surface area contributed by atoms with Crippen LogP contribution in [0.1, 0.15) is 36.9 Å². The van der Waals surface area contributed by atoms with Crippen molar-refractivity contribution >= 4 is 0 Å². The predicted octanol–water partition coefficient (Wildman–Crippen LogP) is 2.24. The summed E-state index contributed by atoms with van der Waals surface area (Å²) in [5.74, 6) is 1.47. The second-order valence-electron chi connectivity index (χ2n) is 4.50. The van der Waals surface area contributed by atoms with E-state index in [9.17, 15) is 5.11 Å². The van der Waals surface area contributed by atoms with Crippen LogP contribution in [0.2, 0.25) is 0 Å². The summed E-state index contributed by atoms with van der Waals surface area (Å²) in [7, 11) is 0. The fourth-order valence-corrected chi connectivity index (χ4v) is 1.92. The maximum absolute atomic E-state index is 9.74. The van der Waals surface area contributed by atoms with Gasteiger partial charge in [0.15, 0.2) is 5.82 Å². The minimum Gasteiger partial charge on any atom is -0.485 e. The Bertz CT molecular complexity index is 549. The molecule has 2 aromatic rings. The second kappa shape index (κ2) is 5.84. The molecule has 0 aliphatic carbocycles. The van der Waals surface area contributed by atoms with Crippen LogP contribution in [0.25, 0.3) is 0 Å². The zero-order chi connectivity index (χ0) is 13.8. The molecule has 1 heterocycles. The van der Waals surface area contributed by atoms with Crippen LogP contribution in [-0.4, -0.2) is 19.9 Å². The molecule has 0 aliphatic rings. The van der Waals surface area contributed by atoms with Crippen molar-refractivity contribution in [3.8, 4) is 5.75 Å². The summed E-state index contributed by atoms with van der Waals surface area (Å²) in [6.45, 7) is 6.83. The largest absolute Gasteiger partial charge is 0.485 e. The molecule has 1 aromatic carbocycles. The summed E-state index contributed by atoms with van der Waals surface area (Å²) in [4.78, 5) is 4.16. The van der Waals surface area contributed by atoms with E-state index >= 15 is 0 Å². The molecule has 102 valence electrons. The van der Waals surface area contributed by atoms with Crippen LogP contribution in [0.5, 0.6) is 5.75 Å². The molecule has 1 aromatic heterocycles. The summed E-state index contributed by atoms with van der Waals surface area (Å²) in [6.07, 6.45) is 0.966. The lowest BCUT2D eigenvalue weighted by atomic mass is 10.1. The number of aromatic nitrogens is 3. The molecule has 1 atom stereocenters. The highest BCUT2D eigenvalue weighted by molar-refractivity contribution is 5.38. The minimum absolute atomic E-state index is 0.344. The van der Waals surface area contributed by atoms with E-state index < -0.39 is 6.10 Å². The molecule has 5 heteroatoms. The van der Waals surface area contributed by atoms with Crippen molar-refractivity contribution in [2.24, 2.45) is 0 Å². The molecule has 19 heavy (non-hydrogen) atoms. The number of aliphatic hydroxyl groups is 1. The van der Waals surface area contributed by atoms with Crippen LogP contribution in [0.15, 0.2) is 24.5 Å². The zero-order valence-electron chi connectivity index (χ0n) is 11.5. The van der Waals surface area contributed by atoms with Crippen molar-refractivity contribution in [1.29, 1.82) is 0 Å². The molecule has 0 saturated heterocycles. The van der Waals surface area contributed by atoms with Crippen LogP contribution in [-0.2, 0) is 13.2 Å². The molecule has 5 nitrogen and oxygen atoms in total. The van der Waals surface area contributed by atoms with E-state index in [1.165, 1.54) is 6.33 Å². The Labute approximate surface area is 112 Å². The lowest BCUT2D eigenvalue weighted by molar-refractivity contribution is 0.189. The van der Waals surface area contributed by atoms with Crippen LogP contribution in [0.3, 0.4) is 0 Å². The fraction of sp³-hybridized carbons (Fsp3) is 0.429. The van der Waals surface area contributed by atoms with Gasteiger partial charge in [-0.15, -0.1) is 0 Å². The van der Waals surface area contributed by atoms with E-state index in [0.29, 0.717) is 12.4 Å². The number of aliphatic hydroxyl groups excluding tert-OH is 1. The number of rotatable bonds is 5. The Morgan fingerprint density at radius 1 is 1.42 bits per heavy atom. The molecule has 0 fully saturated rings. The Hall–Kier alpha value is -1.88. The molecule has 0 radical (unpaired) electrons. The van der Waals surface area contributed by atoms with Gasteiger partial charge >= 0.3 is 0 Å². The van der Waals surface area contributed by atoms with E-state index in [1.807, 2.05) is 32.0 Å². The smallest absolute Gasteiger partial charge is 0.164 e. The van der Waals surface area contributed by atoms with E-state index in [0.717, 1.165) is 23.5 Å². The van der Waals surface area contributed by atoms with Gasteiger partial charge in [0.05, 0.1) is 6.10 Å². The van der Waals surface area contributed by atoms with E-state index in [-0.39, 0.29) is 0 Å². The quantitative estimate of drug-likeness (QED) is 0.896. The first-order chi connectivity index (χ1) is 9.11. The Morgan fingerprint density at radius 3 is 2.89 bits per heavy atom. The SMILES string of the molecule is CCn1ncnc1COc1cc(C)ccc1[C@@H](C)O. The molecule has 0 spiro atoms. The average molecular weight is 261 g/mol. The normalized spacial score (nSPS) is 12.4. The van der Waals surface area contributed by atoms with Gasteiger partial charge in [-0.3, -0.25) is 0 Å². The minimum atomic E-state index is -0.556. The van der Waals surface area contributed by atoms with Crippen LogP contribution < -0.4 is 4.74 Å². The van der Waals surface area contributed by atoms with Gasteiger partial charge in [0.1, 0.15) is 18.7 Å². The summed E-state index contributed by atoms with van der Waals surface area (Å²) < 4.78 is 7.57. The van der Waals surface area contributed by atoms with Crippen LogP contribution in [0.4, 0.5) is 0 Å². The fourth-order valence-electron chi connectivity index (χ4n) is 1.92. The van der Waals surface area contributed by atoms with Crippen molar-refractivity contribution in [3.05, 3.63) is 41.5 Å². The monoisotopic (exact) mass is 261 g/mol. The van der Waals surface area contributed by atoms with Crippen molar-refractivity contribution in [3.63, 3.8) is 0 Å². The molecular formula is C14H19N3O2. The highest BCUT2D eigenvalue weighted by Gasteiger charge is 2.11. The van der Waals surface area contributed by atoms with Gasteiger partial charge in [0.25, 0.3) is 0 Å². The standard InChI is InChI=1S/C14H19N3O2/c1-4-17-14(15-9-16-17)8-19-13-7-10(2)5-6-12(13)11(3)18/h5-7,9,11,18H,4,8H2,1-3H3/t11-/m1/s1. The van der Waals surface area contributed by atoms with Crippen molar-refractivity contribution in [1.82, 2.24) is 14.8 Å². The van der Waals surface area contributed by atoms with E-state index in [2.05, 4.69) is 10.1 Å². The van der Waals surface area contributed by atoms with Crippen LogP contribution in [0, 0.1) is 6.92 Å². The maximum atomic E-state index is 9.74. The highest BCUT2D eigenvalue weighted by Crippen LogP contribution is 2.26. The third kappa shape index (κ3) is 3.12. The molecule has 0 saturated carbocycles. The molecule has 0 amide bonds. The van der Waals surface area contributed by atoms with Gasteiger partial charge in [-0.1, -0.05) is 12.1 Å². The van der Waals surface area contributed by atoms with Gasteiger partial charge < -0.3 is 9.84 Å². The number of hydrogen-bond donors (Lipinski definition) is 1. The first-order valence-electron chi connectivity index (χ1n) is 6.40. The molecule has 2 rings (SSSR count). The maximum Gasteiger partial charge on any atom is 0.164 e. The van der Waals surface area contributed by atoms with Crippen LogP contribution >= 0.6 is 0 Å². The Kier molecular flexibility index (Phi) is 4.16. The summed E-state index contributed by atoms with van der Waals surface area (Å²) in [5, 5.41) is 13.8. The number of ether oxygens (including phenoxy) is 1. The third-order valence-electron chi connectivity index (χ3n) is 2.97. The third-order valence-corrected chi connectivity index (χ3v) is 2.97. The lowest BCUT2D eigenvalue weighted by Crippen LogP contribution is -2.08. The summed E-state index contributed by atoms with van der Waals surface area (Å²) in [5.41, 5.74) is 1.88. The predicted molar refractivity (Wildman–Crippen MR) is 71.8 cm³/mol. The van der Waals surface area contributed by atoms with Gasteiger partial charge in [-0.2, -0.15) is 5.10 Å². The van der Waals surface area contributed by atoms with E-state index in [1.54, 1.807) is 11.6 Å². The summed E-state index contributed by atoms with van der Waals surface area (Å²) >= 11 is 0. The Balaban J connectivity index is 2.17. The lowest BCUT2D eigenvalue weighted by Gasteiger charge is -2.14. The number of hydrogen-bond acceptors (Lipinski definition) is 4. The number of benzene rings is 1. The zero-order valence-corrected chi connectivity index (χ0v) is 11.5. The van der Waals surface area contributed by atoms with Gasteiger partial charge in [-0.05, 0) is 32.4 Å². The van der Waals surface area contributed by atoms with E-state index in [4.69, 9.17) is 4.74 Å². The topological polar surface area (TPSA) is 60.2 Å². The van der Waals surface area contributed by atoms with Gasteiger partial charge in [0.2, 0.25) is 0 Å². The second-order valence-corrected chi connectivity index (χ2v) is 4.50. The molecule has 0 bridgehead atoms. The first-order valence-corrected chi connectivity index (χ1v) is 6.40. The molecule has 0 unspecified atom stereocenters. The van der Waals surface area contributed by atoms with Gasteiger partial charge in [0, 0.05) is 12.1 Å². The number of aryl methyl sites for hydroxylation is 2. The average Bonchev–Trinajstić information content (AvgIpc) is 2.83. The molecule has 1 N–H and O–H groups in total. The first kappa shape index (κ1) is 13.5. The van der Waals surface area contributed by atoms with Crippen molar-refractivity contribution < 1.29 is 9.84 Å². The molecule has 0 aliphatic heterocycles. The molecular weight excluding hydrogens is 242 g/mol. The highest BCUT2D eigenvalue weighted by atomic mass is 16.5. The van der Waals surface area contributed by atoms with Gasteiger partial charge in [-0.25, -0.2) is 9.67 Å². The number of nitrogens with zero attached hydrogens (tertiary/aromatic N) is 3.